The van der Waals surface area contributed by atoms with E-state index >= 15 is 0 Å². The van der Waals surface area contributed by atoms with Crippen LogP contribution >= 0.6 is 63.7 Å². The standard InChI is InChI=1S/2C26H10Br2N4O2/c27-13-10-12-20-19-11(25(33)31-17-7-3-1-5-15(17)29-23(31)21(13)19)9-14(28)22(20)24-30-16-6-2-4-8-18(16)32(24)26(12)34;27-13-10-12-19-11(23-29-15-5-1-3-7-17(15)31(23)25(12)33)9-14(28)21-22(19)20(13)24-30-16-6-2-4-8-18(16)32(24)26(21)34/h2*1-10H. The Morgan fingerprint density at radius 1 is 0.294 bits per heavy atom. The summed E-state index contributed by atoms with van der Waals surface area (Å²) in [5.74, 6) is 0. The Balaban J connectivity index is 0.000000124. The second-order valence-electron chi connectivity index (χ2n) is 16.9. The van der Waals surface area contributed by atoms with E-state index in [1.807, 2.05) is 121 Å². The first-order valence-electron chi connectivity index (χ1n) is 21.2. The second kappa shape index (κ2) is 13.3. The van der Waals surface area contributed by atoms with E-state index < -0.39 is 0 Å². The highest BCUT2D eigenvalue weighted by Gasteiger charge is 2.28. The Kier molecular flexibility index (Phi) is 7.57. The third kappa shape index (κ3) is 4.68. The minimum Gasteiger partial charge on any atom is -0.268 e. The fourth-order valence-corrected chi connectivity index (χ4v) is 13.2. The summed E-state index contributed by atoms with van der Waals surface area (Å²) in [7, 11) is 0. The Hall–Kier alpha value is -7.24. The van der Waals surface area contributed by atoms with Crippen LogP contribution in [0.4, 0.5) is 0 Å². The predicted molar refractivity (Wildman–Crippen MR) is 284 cm³/mol. The summed E-state index contributed by atoms with van der Waals surface area (Å²) >= 11 is 14.8. The van der Waals surface area contributed by atoms with Crippen molar-refractivity contribution in [3.8, 4) is 0 Å². The van der Waals surface area contributed by atoms with Crippen LogP contribution < -0.4 is 22.2 Å². The van der Waals surface area contributed by atoms with E-state index in [0.717, 1.165) is 90.8 Å². The van der Waals surface area contributed by atoms with Crippen molar-refractivity contribution in [1.29, 1.82) is 0 Å². The van der Waals surface area contributed by atoms with Gasteiger partial charge in [-0.05, 0) is 137 Å². The average molecular weight is 1140 g/mol. The number of imidazole rings is 4. The lowest BCUT2D eigenvalue weighted by atomic mass is 9.96. The summed E-state index contributed by atoms with van der Waals surface area (Å²) in [6.45, 7) is 0. The van der Waals surface area contributed by atoms with Crippen LogP contribution in [-0.2, 0) is 0 Å². The minimum absolute atomic E-state index is 0.164. The normalized spacial score (nSPS) is 12.6. The van der Waals surface area contributed by atoms with Crippen LogP contribution in [-0.4, -0.2) is 37.5 Å². The van der Waals surface area contributed by atoms with E-state index in [4.69, 9.17) is 19.9 Å². The molecule has 16 heteroatoms. The Morgan fingerprint density at radius 3 is 1.00 bits per heavy atom. The monoisotopic (exact) mass is 1140 g/mol. The van der Waals surface area contributed by atoms with Gasteiger partial charge in [0.25, 0.3) is 22.2 Å². The maximum atomic E-state index is 13.9. The molecule has 0 atom stereocenters. The molecule has 0 unspecified atom stereocenters. The van der Waals surface area contributed by atoms with Crippen LogP contribution in [0.2, 0.25) is 0 Å². The number of hydrogen-bond acceptors (Lipinski definition) is 8. The molecular formula is C52H20Br4N8O4. The Labute approximate surface area is 410 Å². The summed E-state index contributed by atoms with van der Waals surface area (Å²) < 4.78 is 9.44. The van der Waals surface area contributed by atoms with Crippen LogP contribution in [0, 0.1) is 0 Å². The number of fused-ring (bicyclic) bond motifs is 16. The highest BCUT2D eigenvalue weighted by Crippen LogP contribution is 2.45. The van der Waals surface area contributed by atoms with Crippen molar-refractivity contribution in [3.05, 3.63) is 181 Å². The molecule has 8 aromatic heterocycles. The predicted octanol–water partition coefficient (Wildman–Crippen LogP) is 11.7. The van der Waals surface area contributed by atoms with E-state index in [2.05, 4.69) is 63.7 Å². The highest BCUT2D eigenvalue weighted by atomic mass is 79.9. The van der Waals surface area contributed by atoms with Gasteiger partial charge < -0.3 is 0 Å². The lowest BCUT2D eigenvalue weighted by Gasteiger charge is -2.14. The molecule has 0 aliphatic carbocycles. The van der Waals surface area contributed by atoms with Crippen molar-refractivity contribution in [1.82, 2.24) is 37.5 Å². The van der Waals surface area contributed by atoms with Gasteiger partial charge in [0.2, 0.25) is 0 Å². The van der Waals surface area contributed by atoms with Crippen molar-refractivity contribution in [2.75, 3.05) is 0 Å². The first-order chi connectivity index (χ1) is 33.1. The van der Waals surface area contributed by atoms with Gasteiger partial charge in [0, 0.05) is 61.0 Å². The molecule has 0 fully saturated rings. The highest BCUT2D eigenvalue weighted by molar-refractivity contribution is 9.11. The second-order valence-corrected chi connectivity index (χ2v) is 20.3. The van der Waals surface area contributed by atoms with Crippen LogP contribution in [0.5, 0.6) is 0 Å². The number of halogens is 4. The molecule has 16 aromatic rings. The molecule has 0 amide bonds. The zero-order valence-electron chi connectivity index (χ0n) is 34.3. The Bertz CT molecular complexity index is 5100. The molecule has 0 bridgehead atoms. The fourth-order valence-electron chi connectivity index (χ4n) is 10.8. The van der Waals surface area contributed by atoms with Crippen molar-refractivity contribution in [2.45, 2.75) is 0 Å². The molecule has 0 saturated carbocycles. The summed E-state index contributed by atoms with van der Waals surface area (Å²) in [5.41, 5.74) is 7.58. The summed E-state index contributed by atoms with van der Waals surface area (Å²) in [5, 5.41) is 8.20. The number of pyridine rings is 4. The maximum absolute atomic E-state index is 13.9. The van der Waals surface area contributed by atoms with Crippen LogP contribution in [0.1, 0.15) is 0 Å². The van der Waals surface area contributed by atoms with Gasteiger partial charge >= 0.3 is 0 Å². The first kappa shape index (κ1) is 38.8. The lowest BCUT2D eigenvalue weighted by Crippen LogP contribution is -2.17. The molecule has 0 aliphatic rings. The minimum atomic E-state index is -0.176. The average Bonchev–Trinajstić information content (AvgIpc) is 4.13. The smallest absolute Gasteiger partial charge is 0.265 e. The largest absolute Gasteiger partial charge is 0.268 e. The number of para-hydroxylation sites is 8. The quantitative estimate of drug-likeness (QED) is 0.137. The van der Waals surface area contributed by atoms with Gasteiger partial charge in [-0.2, -0.15) is 0 Å². The summed E-state index contributed by atoms with van der Waals surface area (Å²) in [6, 6.07) is 37.8. The van der Waals surface area contributed by atoms with Gasteiger partial charge in [0.05, 0.1) is 65.7 Å². The molecule has 16 rings (SSSR count). The molecular weight excluding hydrogens is 1120 g/mol. The third-order valence-corrected chi connectivity index (χ3v) is 16.0. The molecule has 8 heterocycles. The fraction of sp³-hybridized carbons (Fsp3) is 0. The van der Waals surface area contributed by atoms with E-state index in [1.54, 1.807) is 17.6 Å². The SMILES string of the molecule is O=c1c2cc(Br)c3c4c(c(Br)cc(c24)c2nc4ccccc4n12)c(=O)n1c2ccccc2nc31.O=c1c2cc(Br)c3c4c(cc(Br)c(c24)c2nc4ccccc4n12)c(=O)n1c2ccccc2nc31. The van der Waals surface area contributed by atoms with E-state index in [0.29, 0.717) is 58.5 Å². The van der Waals surface area contributed by atoms with E-state index in [1.165, 1.54) is 0 Å². The first-order valence-corrected chi connectivity index (χ1v) is 24.3. The zero-order valence-corrected chi connectivity index (χ0v) is 40.6. The van der Waals surface area contributed by atoms with Crippen LogP contribution in [0.3, 0.4) is 0 Å². The third-order valence-electron chi connectivity index (χ3n) is 13.5. The molecule has 0 spiro atoms. The van der Waals surface area contributed by atoms with E-state index in [9.17, 15) is 19.2 Å². The van der Waals surface area contributed by atoms with Crippen molar-refractivity contribution >= 4 is 195 Å². The molecule has 0 N–H and O–H groups in total. The van der Waals surface area contributed by atoms with Crippen molar-refractivity contribution < 1.29 is 0 Å². The zero-order chi connectivity index (χ0) is 45.8. The molecule has 320 valence electrons. The van der Waals surface area contributed by atoms with Gasteiger partial charge in [-0.3, -0.25) is 36.8 Å². The van der Waals surface area contributed by atoms with Crippen molar-refractivity contribution in [3.63, 3.8) is 0 Å². The van der Waals surface area contributed by atoms with Crippen LogP contribution in [0.25, 0.3) is 131 Å². The summed E-state index contributed by atoms with van der Waals surface area (Å²) in [6.07, 6.45) is 0. The van der Waals surface area contributed by atoms with Crippen LogP contribution in [0.15, 0.2) is 158 Å². The molecule has 12 nitrogen and oxygen atoms in total. The van der Waals surface area contributed by atoms with E-state index in [-0.39, 0.29) is 22.2 Å². The van der Waals surface area contributed by atoms with Gasteiger partial charge in [-0.15, -0.1) is 0 Å². The number of benzene rings is 8. The topological polar surface area (TPSA) is 137 Å². The number of rotatable bonds is 0. The molecule has 0 aliphatic heterocycles. The molecule has 0 saturated heterocycles. The maximum Gasteiger partial charge on any atom is 0.265 e. The van der Waals surface area contributed by atoms with Gasteiger partial charge in [0.1, 0.15) is 22.6 Å². The van der Waals surface area contributed by atoms with Gasteiger partial charge in [0.15, 0.2) is 0 Å². The molecule has 0 radical (unpaired) electrons. The summed E-state index contributed by atoms with van der Waals surface area (Å²) in [4.78, 5) is 74.5. The molecule has 68 heavy (non-hydrogen) atoms. The number of nitrogens with zero attached hydrogens (tertiary/aromatic N) is 8. The Morgan fingerprint density at radius 2 is 0.588 bits per heavy atom. The number of hydrogen-bond donors (Lipinski definition) is 0. The van der Waals surface area contributed by atoms with Gasteiger partial charge in [-0.1, -0.05) is 48.5 Å². The lowest BCUT2D eigenvalue weighted by molar-refractivity contribution is 1.18. The van der Waals surface area contributed by atoms with Gasteiger partial charge in [-0.25, -0.2) is 19.9 Å². The van der Waals surface area contributed by atoms with Crippen molar-refractivity contribution in [2.24, 2.45) is 0 Å². The number of aromatic nitrogens is 8. The molecule has 8 aromatic carbocycles.